The van der Waals surface area contributed by atoms with Crippen LogP contribution < -0.4 is 10.6 Å². The van der Waals surface area contributed by atoms with Gasteiger partial charge in [-0.3, -0.25) is 9.36 Å². The van der Waals surface area contributed by atoms with E-state index in [-0.39, 0.29) is 5.82 Å². The molecule has 0 aliphatic heterocycles. The van der Waals surface area contributed by atoms with Crippen LogP contribution in [-0.2, 0) is 13.1 Å². The normalized spacial score (nSPS) is 10.9. The van der Waals surface area contributed by atoms with Crippen LogP contribution in [0, 0.1) is 26.6 Å². The van der Waals surface area contributed by atoms with Gasteiger partial charge in [0.2, 0.25) is 0 Å². The molecule has 0 bridgehead atoms. The maximum Gasteiger partial charge on any atom is 0.176 e. The molecule has 2 heterocycles. The van der Waals surface area contributed by atoms with Crippen molar-refractivity contribution in [3.63, 3.8) is 0 Å². The topological polar surface area (TPSA) is 59.7 Å². The molecule has 33 heavy (non-hydrogen) atoms. The first-order chi connectivity index (χ1) is 15.8. The summed E-state index contributed by atoms with van der Waals surface area (Å²) in [6.45, 7) is 7.11. The Morgan fingerprint density at radius 2 is 1.82 bits per heavy atom. The molecular formula is C24H24ClFN6S. The number of anilines is 2. The lowest BCUT2D eigenvalue weighted by Gasteiger charge is -2.11. The van der Waals surface area contributed by atoms with Crippen LogP contribution in [0.4, 0.5) is 15.9 Å². The Labute approximate surface area is 202 Å². The molecular weight excluding hydrogens is 459 g/mol. The van der Waals surface area contributed by atoms with Gasteiger partial charge in [-0.25, -0.2) is 4.39 Å². The van der Waals surface area contributed by atoms with Gasteiger partial charge in [0.15, 0.2) is 10.9 Å². The summed E-state index contributed by atoms with van der Waals surface area (Å²) in [5.41, 5.74) is 5.88. The largest absolute Gasteiger partial charge is 0.329 e. The summed E-state index contributed by atoms with van der Waals surface area (Å²) >= 11 is 11.8. The average molecular weight is 483 g/mol. The van der Waals surface area contributed by atoms with E-state index < -0.39 is 0 Å². The molecule has 4 rings (SSSR count). The molecule has 0 spiro atoms. The van der Waals surface area contributed by atoms with Crippen molar-refractivity contribution < 1.29 is 4.39 Å². The number of aryl methyl sites for hydroxylation is 2. The van der Waals surface area contributed by atoms with Gasteiger partial charge in [0.05, 0.1) is 30.2 Å². The lowest BCUT2D eigenvalue weighted by molar-refractivity contribution is 0.619. The van der Waals surface area contributed by atoms with Crippen LogP contribution in [-0.4, -0.2) is 24.7 Å². The van der Waals surface area contributed by atoms with Crippen molar-refractivity contribution in [2.45, 2.75) is 33.9 Å². The molecule has 0 amide bonds. The van der Waals surface area contributed by atoms with Crippen molar-refractivity contribution in [2.75, 3.05) is 10.6 Å². The molecule has 0 aliphatic carbocycles. The molecule has 4 aromatic rings. The van der Waals surface area contributed by atoms with Gasteiger partial charge in [-0.2, -0.15) is 10.2 Å². The summed E-state index contributed by atoms with van der Waals surface area (Å²) in [5.74, 6) is 0.136. The van der Waals surface area contributed by atoms with E-state index in [1.54, 1.807) is 16.9 Å². The van der Waals surface area contributed by atoms with Crippen LogP contribution in [0.25, 0.3) is 0 Å². The first-order valence-corrected chi connectivity index (χ1v) is 11.2. The second kappa shape index (κ2) is 9.72. The van der Waals surface area contributed by atoms with E-state index in [4.69, 9.17) is 23.8 Å². The van der Waals surface area contributed by atoms with E-state index in [0.717, 1.165) is 22.6 Å². The predicted molar refractivity (Wildman–Crippen MR) is 135 cm³/mol. The van der Waals surface area contributed by atoms with Crippen LogP contribution in [0.15, 0.2) is 54.7 Å². The van der Waals surface area contributed by atoms with Gasteiger partial charge in [0.25, 0.3) is 0 Å². The molecule has 2 aromatic heterocycles. The minimum Gasteiger partial charge on any atom is -0.329 e. The van der Waals surface area contributed by atoms with E-state index in [1.165, 1.54) is 23.3 Å². The smallest absolute Gasteiger partial charge is 0.176 e. The Balaban J connectivity index is 1.44. The number of aromatic nitrogens is 4. The number of hydrogen-bond donors (Lipinski definition) is 2. The maximum absolute atomic E-state index is 13.4. The Morgan fingerprint density at radius 1 is 1.03 bits per heavy atom. The summed E-state index contributed by atoms with van der Waals surface area (Å²) in [7, 11) is 0. The van der Waals surface area contributed by atoms with Crippen LogP contribution >= 0.6 is 23.8 Å². The standard InChI is InChI=1S/C24H24ClFN6S/c1-15-7-4-5-9-19(15)13-32-17(3)22(16(2)29-32)27-24(33)28-23-21(25)14-31(30-23)12-18-8-6-10-20(26)11-18/h4-11,14H,12-13H2,1-3H3,(H2,27,28,30,33). The van der Waals surface area contributed by atoms with E-state index in [0.29, 0.717) is 29.0 Å². The van der Waals surface area contributed by atoms with Crippen LogP contribution in [0.1, 0.15) is 28.1 Å². The highest BCUT2D eigenvalue weighted by Crippen LogP contribution is 2.24. The van der Waals surface area contributed by atoms with Crippen molar-refractivity contribution in [1.82, 2.24) is 19.6 Å². The van der Waals surface area contributed by atoms with Crippen molar-refractivity contribution in [2.24, 2.45) is 0 Å². The molecule has 0 fully saturated rings. The second-order valence-electron chi connectivity index (χ2n) is 7.86. The number of benzene rings is 2. The lowest BCUT2D eigenvalue weighted by Crippen LogP contribution is -2.20. The fraction of sp³-hybridized carbons (Fsp3) is 0.208. The number of nitrogens with one attached hydrogen (secondary N) is 2. The zero-order valence-corrected chi connectivity index (χ0v) is 20.1. The van der Waals surface area contributed by atoms with Gasteiger partial charge in [-0.1, -0.05) is 48.0 Å². The number of thiocarbonyl (C=S) groups is 1. The van der Waals surface area contributed by atoms with Gasteiger partial charge < -0.3 is 10.6 Å². The molecule has 170 valence electrons. The highest BCUT2D eigenvalue weighted by molar-refractivity contribution is 7.80. The molecule has 0 aliphatic rings. The van der Waals surface area contributed by atoms with E-state index in [9.17, 15) is 4.39 Å². The summed E-state index contributed by atoms with van der Waals surface area (Å²) in [5, 5.41) is 16.1. The van der Waals surface area contributed by atoms with Gasteiger partial charge in [0.1, 0.15) is 10.8 Å². The maximum atomic E-state index is 13.4. The third kappa shape index (κ3) is 5.40. The number of hydrogen-bond acceptors (Lipinski definition) is 3. The molecule has 0 radical (unpaired) electrons. The Hall–Kier alpha value is -3.23. The quantitative estimate of drug-likeness (QED) is 0.345. The second-order valence-corrected chi connectivity index (χ2v) is 8.68. The first kappa shape index (κ1) is 22.9. The number of rotatable bonds is 6. The molecule has 9 heteroatoms. The third-order valence-electron chi connectivity index (χ3n) is 5.38. The minimum atomic E-state index is -0.289. The monoisotopic (exact) mass is 482 g/mol. The summed E-state index contributed by atoms with van der Waals surface area (Å²) in [4.78, 5) is 0. The Kier molecular flexibility index (Phi) is 6.76. The summed E-state index contributed by atoms with van der Waals surface area (Å²) < 4.78 is 17.0. The number of halogens is 2. The first-order valence-electron chi connectivity index (χ1n) is 10.4. The summed E-state index contributed by atoms with van der Waals surface area (Å²) in [6, 6.07) is 14.6. The minimum absolute atomic E-state index is 0.289. The van der Waals surface area contributed by atoms with Crippen molar-refractivity contribution in [3.8, 4) is 0 Å². The van der Waals surface area contributed by atoms with Crippen molar-refractivity contribution in [1.29, 1.82) is 0 Å². The molecule has 0 atom stereocenters. The third-order valence-corrected chi connectivity index (χ3v) is 5.86. The van der Waals surface area contributed by atoms with Gasteiger partial charge in [0, 0.05) is 6.20 Å². The zero-order valence-electron chi connectivity index (χ0n) is 18.6. The summed E-state index contributed by atoms with van der Waals surface area (Å²) in [6.07, 6.45) is 1.67. The fourth-order valence-electron chi connectivity index (χ4n) is 3.62. The van der Waals surface area contributed by atoms with E-state index in [1.807, 2.05) is 36.7 Å². The van der Waals surface area contributed by atoms with Crippen LogP contribution in [0.2, 0.25) is 5.02 Å². The molecule has 2 aromatic carbocycles. The van der Waals surface area contributed by atoms with E-state index in [2.05, 4.69) is 39.9 Å². The van der Waals surface area contributed by atoms with Crippen molar-refractivity contribution in [3.05, 3.63) is 93.6 Å². The fourth-order valence-corrected chi connectivity index (χ4v) is 4.01. The van der Waals surface area contributed by atoms with Gasteiger partial charge in [-0.05, 0) is 61.8 Å². The molecule has 0 saturated carbocycles. The van der Waals surface area contributed by atoms with Crippen LogP contribution in [0.3, 0.4) is 0 Å². The number of nitrogens with zero attached hydrogens (tertiary/aromatic N) is 4. The molecule has 0 unspecified atom stereocenters. The molecule has 6 nitrogen and oxygen atoms in total. The van der Waals surface area contributed by atoms with E-state index >= 15 is 0 Å². The molecule has 0 saturated heterocycles. The lowest BCUT2D eigenvalue weighted by atomic mass is 10.1. The Morgan fingerprint density at radius 3 is 2.58 bits per heavy atom. The highest BCUT2D eigenvalue weighted by Gasteiger charge is 2.15. The van der Waals surface area contributed by atoms with Crippen LogP contribution in [0.5, 0.6) is 0 Å². The highest BCUT2D eigenvalue weighted by atomic mass is 35.5. The average Bonchev–Trinajstić information content (AvgIpc) is 3.23. The zero-order chi connectivity index (χ0) is 23.5. The SMILES string of the molecule is Cc1ccccc1Cn1nc(C)c(NC(=S)Nc2nn(Cc3cccc(F)c3)cc2Cl)c1C. The van der Waals surface area contributed by atoms with Gasteiger partial charge >= 0.3 is 0 Å². The van der Waals surface area contributed by atoms with Gasteiger partial charge in [-0.15, -0.1) is 0 Å². The molecule has 2 N–H and O–H groups in total. The Bertz CT molecular complexity index is 1310. The van der Waals surface area contributed by atoms with Crippen molar-refractivity contribution >= 4 is 40.4 Å². The predicted octanol–water partition coefficient (Wildman–Crippen LogP) is 5.70.